The van der Waals surface area contributed by atoms with Crippen molar-refractivity contribution in [2.24, 2.45) is 0 Å². The van der Waals surface area contributed by atoms with E-state index in [2.05, 4.69) is 13.8 Å². The second-order valence-corrected chi connectivity index (χ2v) is 19.7. The number of carbonyl (C=O) groups excluding carboxylic acids is 2. The van der Waals surface area contributed by atoms with E-state index in [1.807, 2.05) is 48.5 Å². The summed E-state index contributed by atoms with van der Waals surface area (Å²) in [5.74, 6) is 0.596. The molecule has 0 aromatic heterocycles. The first-order valence-corrected chi connectivity index (χ1v) is 26.1. The first kappa shape index (κ1) is 51.6. The molecule has 4 aromatic carbocycles. The third-order valence-electron chi connectivity index (χ3n) is 10.1. The Balaban J connectivity index is 1.54. The van der Waals surface area contributed by atoms with E-state index in [0.717, 1.165) is 54.6 Å². The number of ether oxygens (including phenoxy) is 4. The summed E-state index contributed by atoms with van der Waals surface area (Å²) < 4.78 is 70.8. The fourth-order valence-electron chi connectivity index (χ4n) is 6.58. The van der Waals surface area contributed by atoms with E-state index < -0.39 is 51.6 Å². The second kappa shape index (κ2) is 29.4. The average molecular weight is 925 g/mol. The lowest BCUT2D eigenvalue weighted by atomic mass is 10.1. The molecule has 63 heavy (non-hydrogen) atoms. The molecule has 4 rings (SSSR count). The predicted octanol–water partition coefficient (Wildman–Crippen LogP) is 12.4. The van der Waals surface area contributed by atoms with Gasteiger partial charge in [-0.3, -0.25) is 4.18 Å². The quantitative estimate of drug-likeness (QED) is 0.0202. The summed E-state index contributed by atoms with van der Waals surface area (Å²) in [4.78, 5) is 26.6. The average Bonchev–Trinajstić information content (AvgIpc) is 3.29. The summed E-state index contributed by atoms with van der Waals surface area (Å²) in [5.41, 5.74) is 2.15. The minimum Gasteiger partial charge on any atom is -0.494 e. The largest absolute Gasteiger partial charge is 0.494 e. The highest BCUT2D eigenvalue weighted by molar-refractivity contribution is 8.16. The minimum absolute atomic E-state index is 0.128. The molecule has 0 aliphatic heterocycles. The molecule has 0 fully saturated rings. The van der Waals surface area contributed by atoms with E-state index in [1.54, 1.807) is 36.4 Å². The maximum atomic E-state index is 17.6. The Hall–Kier alpha value is -4.04. The lowest BCUT2D eigenvalue weighted by Crippen LogP contribution is -2.47. The molecule has 0 radical (unpaired) electrons. The third-order valence-corrected chi connectivity index (χ3v) is 13.7. The van der Waals surface area contributed by atoms with Gasteiger partial charge in [0.15, 0.2) is 18.4 Å². The van der Waals surface area contributed by atoms with Crippen molar-refractivity contribution in [2.45, 2.75) is 125 Å². The maximum Gasteiger partial charge on any atom is 0.338 e. The van der Waals surface area contributed by atoms with Crippen molar-refractivity contribution in [2.75, 3.05) is 26.1 Å². The maximum absolute atomic E-state index is 17.6. The topological polar surface area (TPSA) is 114 Å². The van der Waals surface area contributed by atoms with E-state index in [9.17, 15) is 18.0 Å². The van der Waals surface area contributed by atoms with Crippen molar-refractivity contribution in [3.8, 4) is 11.5 Å². The summed E-state index contributed by atoms with van der Waals surface area (Å²) in [6.45, 7) is 4.96. The summed E-state index contributed by atoms with van der Waals surface area (Å²) >= 11 is 2.58. The van der Waals surface area contributed by atoms with Crippen LogP contribution in [0.5, 0.6) is 11.5 Å². The Kier molecular flexibility index (Phi) is 24.1. The fraction of sp³-hybridized carbons (Fsp3) is 0.480. The molecule has 0 saturated carbocycles. The van der Waals surface area contributed by atoms with Gasteiger partial charge in [0.1, 0.15) is 18.1 Å². The van der Waals surface area contributed by atoms with Crippen molar-refractivity contribution in [1.29, 1.82) is 0 Å². The molecule has 9 nitrogen and oxygen atoms in total. The number of thioether (sulfide) groups is 2. The zero-order chi connectivity index (χ0) is 45.1. The van der Waals surface area contributed by atoms with Crippen LogP contribution in [0.2, 0.25) is 0 Å². The molecular formula is C50H65FO9S3. The Labute approximate surface area is 383 Å². The number of hydrogen-bond acceptors (Lipinski definition) is 11. The van der Waals surface area contributed by atoms with Gasteiger partial charge in [0.05, 0.1) is 35.2 Å². The Morgan fingerprint density at radius 2 is 1.02 bits per heavy atom. The smallest absolute Gasteiger partial charge is 0.338 e. The molecule has 0 aliphatic rings. The molecule has 0 unspecified atom stereocenters. The zero-order valence-electron chi connectivity index (χ0n) is 37.0. The normalized spacial score (nSPS) is 13.0. The van der Waals surface area contributed by atoms with Crippen LogP contribution in [0.1, 0.15) is 123 Å². The van der Waals surface area contributed by atoms with Gasteiger partial charge >= 0.3 is 11.9 Å². The van der Waals surface area contributed by atoms with Crippen LogP contribution in [0.15, 0.2) is 109 Å². The molecule has 0 amide bonds. The number of rotatable bonds is 32. The SMILES string of the molecule is CCCCCCCCOc1ccc(CSC(SCc2ccc(OCCCCCCCC)cc2)[C@@H](F)[C@H](OC(=O)c2ccccc2)[C@H](COC(=O)c2ccccc2)OS(C)(=O)=O)cc1. The van der Waals surface area contributed by atoms with E-state index >= 15 is 4.39 Å². The molecule has 0 N–H and O–H groups in total. The van der Waals surface area contributed by atoms with E-state index in [4.69, 9.17) is 23.1 Å². The van der Waals surface area contributed by atoms with Crippen molar-refractivity contribution in [3.63, 3.8) is 0 Å². The van der Waals surface area contributed by atoms with Crippen LogP contribution in [0.4, 0.5) is 4.39 Å². The zero-order valence-corrected chi connectivity index (χ0v) is 39.4. The van der Waals surface area contributed by atoms with Crippen LogP contribution in [0, 0.1) is 0 Å². The van der Waals surface area contributed by atoms with Crippen LogP contribution in [-0.4, -0.2) is 69.4 Å². The van der Waals surface area contributed by atoms with Gasteiger partial charge in [-0.25, -0.2) is 14.0 Å². The highest BCUT2D eigenvalue weighted by Gasteiger charge is 2.42. The fourth-order valence-corrected chi connectivity index (χ4v) is 9.76. The van der Waals surface area contributed by atoms with Gasteiger partial charge in [-0.1, -0.05) is 139 Å². The van der Waals surface area contributed by atoms with Gasteiger partial charge in [0.25, 0.3) is 10.1 Å². The molecule has 0 saturated heterocycles. The van der Waals surface area contributed by atoms with Gasteiger partial charge in [0.2, 0.25) is 0 Å². The molecule has 0 spiro atoms. The highest BCUT2D eigenvalue weighted by atomic mass is 32.2. The minimum atomic E-state index is -4.27. The van der Waals surface area contributed by atoms with E-state index in [0.29, 0.717) is 24.7 Å². The first-order chi connectivity index (χ1) is 30.6. The lowest BCUT2D eigenvalue weighted by Gasteiger charge is -2.32. The predicted molar refractivity (Wildman–Crippen MR) is 254 cm³/mol. The van der Waals surface area contributed by atoms with Crippen LogP contribution >= 0.6 is 23.5 Å². The molecule has 0 aliphatic carbocycles. The molecule has 0 bridgehead atoms. The van der Waals surface area contributed by atoms with Crippen LogP contribution in [0.25, 0.3) is 0 Å². The lowest BCUT2D eigenvalue weighted by molar-refractivity contribution is -0.0565. The first-order valence-electron chi connectivity index (χ1n) is 22.2. The van der Waals surface area contributed by atoms with Crippen molar-refractivity contribution < 1.29 is 45.5 Å². The van der Waals surface area contributed by atoms with Crippen LogP contribution in [0.3, 0.4) is 0 Å². The standard InChI is InChI=1S/C50H65FO9S3/c1-4-6-8-10-12-20-34-56-43-30-26-39(27-31-43)37-61-50(62-38-40-28-32-44(33-29-40)57-35-21-13-11-9-7-5-2)46(51)47(59-49(53)42-24-18-15-19-25-42)45(60-63(3,54)55)36-58-48(52)41-22-16-14-17-23-41/h14-19,22-33,45-47,50H,4-13,20-21,34-38H2,1-3H3/t45-,46-,47+/m0/s1. The molecular weight excluding hydrogens is 860 g/mol. The number of halogens is 1. The third kappa shape index (κ3) is 20.6. The van der Waals surface area contributed by atoms with Gasteiger partial charge in [0, 0.05) is 11.5 Å². The number of alkyl halides is 1. The van der Waals surface area contributed by atoms with Gasteiger partial charge in [-0.15, -0.1) is 23.5 Å². The number of esters is 2. The van der Waals surface area contributed by atoms with Gasteiger partial charge in [-0.05, 0) is 72.5 Å². The second-order valence-electron chi connectivity index (χ2n) is 15.5. The Morgan fingerprint density at radius 1 is 0.587 bits per heavy atom. The number of hydrogen-bond donors (Lipinski definition) is 0. The molecule has 3 atom stereocenters. The van der Waals surface area contributed by atoms with E-state index in [1.165, 1.54) is 99.2 Å². The molecule has 0 heterocycles. The van der Waals surface area contributed by atoms with Crippen molar-refractivity contribution >= 4 is 45.6 Å². The summed E-state index contributed by atoms with van der Waals surface area (Å²) in [6.07, 6.45) is 9.32. The van der Waals surface area contributed by atoms with Crippen LogP contribution in [-0.2, 0) is 35.3 Å². The molecule has 344 valence electrons. The number of benzene rings is 4. The van der Waals surface area contributed by atoms with Crippen LogP contribution < -0.4 is 9.47 Å². The van der Waals surface area contributed by atoms with E-state index in [-0.39, 0.29) is 11.1 Å². The van der Waals surface area contributed by atoms with Crippen molar-refractivity contribution in [1.82, 2.24) is 0 Å². The highest BCUT2D eigenvalue weighted by Crippen LogP contribution is 2.37. The monoisotopic (exact) mass is 924 g/mol. The molecule has 13 heteroatoms. The van der Waals surface area contributed by atoms with Gasteiger partial charge < -0.3 is 18.9 Å². The van der Waals surface area contributed by atoms with Gasteiger partial charge in [-0.2, -0.15) is 8.42 Å². The number of unbranched alkanes of at least 4 members (excludes halogenated alkanes) is 10. The summed E-state index contributed by atoms with van der Waals surface area (Å²) in [7, 11) is -4.27. The summed E-state index contributed by atoms with van der Waals surface area (Å²) in [5, 5.41) is 0. The Bertz CT molecular complexity index is 1900. The number of carbonyl (C=O) groups is 2. The summed E-state index contributed by atoms with van der Waals surface area (Å²) in [6, 6.07) is 31.5. The Morgan fingerprint density at radius 3 is 1.46 bits per heavy atom. The molecule has 4 aromatic rings. The van der Waals surface area contributed by atoms with Crippen molar-refractivity contribution in [3.05, 3.63) is 131 Å².